The Morgan fingerprint density at radius 3 is 2.52 bits per heavy atom. The van der Waals surface area contributed by atoms with Gasteiger partial charge in [-0.2, -0.15) is 10.5 Å². The molecule has 1 fully saturated rings. The molecule has 7 heteroatoms. The van der Waals surface area contributed by atoms with Crippen LogP contribution in [0.4, 0.5) is 14.9 Å². The molecule has 1 heterocycles. The maximum Gasteiger partial charge on any atom is 0.404 e. The Balaban J connectivity index is 1.90. The molecule has 2 N–H and O–H groups in total. The van der Waals surface area contributed by atoms with E-state index in [9.17, 15) is 14.4 Å². The number of nitrogens with zero attached hydrogens (tertiary/aromatic N) is 3. The van der Waals surface area contributed by atoms with Gasteiger partial charge in [-0.3, -0.25) is 0 Å². The molecule has 6 nitrogen and oxygen atoms in total. The highest BCUT2D eigenvalue weighted by atomic mass is 19.1. The van der Waals surface area contributed by atoms with Gasteiger partial charge in [-0.1, -0.05) is 18.2 Å². The number of amides is 1. The summed E-state index contributed by atoms with van der Waals surface area (Å²) in [5, 5.41) is 29.9. The van der Waals surface area contributed by atoms with Crippen LogP contribution in [0.15, 0.2) is 36.4 Å². The van der Waals surface area contributed by atoms with Gasteiger partial charge in [0.25, 0.3) is 0 Å². The minimum absolute atomic E-state index is 0.0404. The first-order valence-corrected chi connectivity index (χ1v) is 8.51. The van der Waals surface area contributed by atoms with E-state index in [1.165, 1.54) is 12.1 Å². The Bertz CT molecular complexity index is 953. The molecule has 27 heavy (non-hydrogen) atoms. The van der Waals surface area contributed by atoms with Crippen molar-refractivity contribution in [3.05, 3.63) is 53.3 Å². The van der Waals surface area contributed by atoms with Gasteiger partial charge in [-0.15, -0.1) is 0 Å². The third-order valence-electron chi connectivity index (χ3n) is 4.72. The number of nitriles is 2. The third-order valence-corrected chi connectivity index (χ3v) is 4.72. The van der Waals surface area contributed by atoms with E-state index in [-0.39, 0.29) is 11.6 Å². The zero-order chi connectivity index (χ0) is 19.4. The molecule has 1 amide bonds. The topological polar surface area (TPSA) is 100 Å². The highest BCUT2D eigenvalue weighted by Gasteiger charge is 2.23. The Kier molecular flexibility index (Phi) is 5.23. The molecule has 136 valence electrons. The summed E-state index contributed by atoms with van der Waals surface area (Å²) in [6.07, 6.45) is 0.260. The number of anilines is 1. The van der Waals surface area contributed by atoms with Crippen LogP contribution in [0.3, 0.4) is 0 Å². The van der Waals surface area contributed by atoms with Gasteiger partial charge in [0.05, 0.1) is 16.8 Å². The molecule has 0 radical (unpaired) electrons. The summed E-state index contributed by atoms with van der Waals surface area (Å²) in [6.45, 7) is 1.23. The van der Waals surface area contributed by atoms with E-state index in [0.29, 0.717) is 42.6 Å². The number of piperidine rings is 1. The number of rotatable bonds is 3. The monoisotopic (exact) mass is 364 g/mol. The first kappa shape index (κ1) is 18.2. The fraction of sp³-hybridized carbons (Fsp3) is 0.250. The summed E-state index contributed by atoms with van der Waals surface area (Å²) in [6, 6.07) is 13.6. The standard InChI is InChI=1S/C20H17FN4O2/c21-18-10-13(4-5-14(18)11-22)16-2-1-3-19(17(16)12-23)25-8-6-15(7-9-25)24-20(26)27/h1-5,10,15,24H,6-9H2,(H,26,27). The molecule has 3 rings (SSSR count). The average Bonchev–Trinajstić information content (AvgIpc) is 2.67. The number of benzene rings is 2. The van der Waals surface area contributed by atoms with Gasteiger partial charge in [-0.05, 0) is 36.6 Å². The number of carboxylic acid groups (broad SMARTS) is 1. The maximum absolute atomic E-state index is 14.0. The van der Waals surface area contributed by atoms with Gasteiger partial charge in [0.1, 0.15) is 18.0 Å². The second kappa shape index (κ2) is 7.76. The molecule has 2 aromatic carbocycles. The van der Waals surface area contributed by atoms with Crippen LogP contribution >= 0.6 is 0 Å². The quantitative estimate of drug-likeness (QED) is 0.868. The minimum atomic E-state index is -1.03. The lowest BCUT2D eigenvalue weighted by Crippen LogP contribution is -2.44. The zero-order valence-corrected chi connectivity index (χ0v) is 14.4. The van der Waals surface area contributed by atoms with Crippen molar-refractivity contribution in [2.45, 2.75) is 18.9 Å². The minimum Gasteiger partial charge on any atom is -0.465 e. The average molecular weight is 364 g/mol. The molecule has 2 aromatic rings. The van der Waals surface area contributed by atoms with Crippen LogP contribution < -0.4 is 10.2 Å². The van der Waals surface area contributed by atoms with E-state index in [2.05, 4.69) is 11.4 Å². The van der Waals surface area contributed by atoms with Crippen LogP contribution in [0, 0.1) is 28.5 Å². The first-order chi connectivity index (χ1) is 13.0. The molecule has 1 aliphatic heterocycles. The molecule has 0 atom stereocenters. The Morgan fingerprint density at radius 1 is 1.19 bits per heavy atom. The number of hydrogen-bond donors (Lipinski definition) is 2. The fourth-order valence-corrected chi connectivity index (χ4v) is 3.37. The number of halogens is 1. The van der Waals surface area contributed by atoms with Crippen LogP contribution in [-0.2, 0) is 0 Å². The predicted octanol–water partition coefficient (Wildman–Crippen LogP) is 3.47. The zero-order valence-electron chi connectivity index (χ0n) is 14.4. The summed E-state index contributed by atoms with van der Waals surface area (Å²) >= 11 is 0. The SMILES string of the molecule is N#Cc1ccc(-c2cccc(N3CCC(NC(=O)O)CC3)c2C#N)cc1F. The summed E-state index contributed by atoms with van der Waals surface area (Å²) in [7, 11) is 0. The van der Waals surface area contributed by atoms with Crippen LogP contribution in [0.1, 0.15) is 24.0 Å². The largest absolute Gasteiger partial charge is 0.465 e. The van der Waals surface area contributed by atoms with Gasteiger partial charge in [0, 0.05) is 24.7 Å². The highest BCUT2D eigenvalue weighted by molar-refractivity contribution is 5.79. The summed E-state index contributed by atoms with van der Waals surface area (Å²) in [5.41, 5.74) is 2.28. The van der Waals surface area contributed by atoms with E-state index in [1.54, 1.807) is 18.2 Å². The van der Waals surface area contributed by atoms with E-state index in [1.807, 2.05) is 17.0 Å². The van der Waals surface area contributed by atoms with Crippen molar-refractivity contribution in [3.63, 3.8) is 0 Å². The van der Waals surface area contributed by atoms with Crippen molar-refractivity contribution in [2.75, 3.05) is 18.0 Å². The smallest absolute Gasteiger partial charge is 0.404 e. The van der Waals surface area contributed by atoms with E-state index in [0.717, 1.165) is 5.69 Å². The van der Waals surface area contributed by atoms with Crippen molar-refractivity contribution >= 4 is 11.8 Å². The van der Waals surface area contributed by atoms with E-state index in [4.69, 9.17) is 10.4 Å². The summed E-state index contributed by atoms with van der Waals surface area (Å²) in [5.74, 6) is -0.621. The normalized spacial score (nSPS) is 14.3. The fourth-order valence-electron chi connectivity index (χ4n) is 3.37. The number of carbonyl (C=O) groups is 1. The van der Waals surface area contributed by atoms with E-state index < -0.39 is 11.9 Å². The van der Waals surface area contributed by atoms with Crippen molar-refractivity contribution in [2.24, 2.45) is 0 Å². The van der Waals surface area contributed by atoms with Crippen molar-refractivity contribution in [1.82, 2.24) is 5.32 Å². The van der Waals surface area contributed by atoms with Crippen molar-refractivity contribution in [1.29, 1.82) is 10.5 Å². The lowest BCUT2D eigenvalue weighted by atomic mass is 9.96. The molecule has 0 unspecified atom stereocenters. The van der Waals surface area contributed by atoms with Gasteiger partial charge >= 0.3 is 6.09 Å². The van der Waals surface area contributed by atoms with Crippen LogP contribution in [0.5, 0.6) is 0 Å². The maximum atomic E-state index is 14.0. The Labute approximate surface area is 156 Å². The van der Waals surface area contributed by atoms with Gasteiger partial charge in [-0.25, -0.2) is 9.18 Å². The molecule has 0 spiro atoms. The van der Waals surface area contributed by atoms with Crippen molar-refractivity contribution in [3.8, 4) is 23.3 Å². The number of hydrogen-bond acceptors (Lipinski definition) is 4. The van der Waals surface area contributed by atoms with Gasteiger partial charge in [0.15, 0.2) is 0 Å². The van der Waals surface area contributed by atoms with Crippen LogP contribution in [0.2, 0.25) is 0 Å². The van der Waals surface area contributed by atoms with E-state index >= 15 is 0 Å². The Morgan fingerprint density at radius 2 is 1.93 bits per heavy atom. The van der Waals surface area contributed by atoms with Gasteiger partial charge in [0.2, 0.25) is 0 Å². The third kappa shape index (κ3) is 3.83. The molecule has 0 aliphatic carbocycles. The predicted molar refractivity (Wildman–Crippen MR) is 97.7 cm³/mol. The summed E-state index contributed by atoms with van der Waals surface area (Å²) in [4.78, 5) is 12.8. The van der Waals surface area contributed by atoms with Crippen molar-refractivity contribution < 1.29 is 14.3 Å². The first-order valence-electron chi connectivity index (χ1n) is 8.51. The van der Waals surface area contributed by atoms with Crippen LogP contribution in [0.25, 0.3) is 11.1 Å². The molecule has 0 aromatic heterocycles. The summed E-state index contributed by atoms with van der Waals surface area (Å²) < 4.78 is 14.0. The van der Waals surface area contributed by atoms with Crippen LogP contribution in [-0.4, -0.2) is 30.3 Å². The van der Waals surface area contributed by atoms with Gasteiger partial charge < -0.3 is 15.3 Å². The molecular formula is C20H17FN4O2. The molecular weight excluding hydrogens is 347 g/mol. The lowest BCUT2D eigenvalue weighted by molar-refractivity contribution is 0.187. The molecule has 0 saturated carbocycles. The second-order valence-corrected chi connectivity index (χ2v) is 6.33. The molecule has 1 aliphatic rings. The lowest BCUT2D eigenvalue weighted by Gasteiger charge is -2.34. The molecule has 1 saturated heterocycles. The second-order valence-electron chi connectivity index (χ2n) is 6.33. The molecule has 0 bridgehead atoms. The number of nitrogens with one attached hydrogen (secondary N) is 1. The highest BCUT2D eigenvalue weighted by Crippen LogP contribution is 2.33. The Hall–Kier alpha value is -3.58.